The largest absolute Gasteiger partial charge is 0.407 e. The van der Waals surface area contributed by atoms with Crippen molar-refractivity contribution in [1.82, 2.24) is 9.78 Å². The zero-order valence-corrected chi connectivity index (χ0v) is 21.0. The number of hydrogen-bond donors (Lipinski definition) is 1. The predicted molar refractivity (Wildman–Crippen MR) is 140 cm³/mol. The second-order valence-electron chi connectivity index (χ2n) is 9.56. The Bertz CT molecular complexity index is 1160. The molecule has 0 atom stereocenters. The highest BCUT2D eigenvalue weighted by atomic mass is 28.4. The number of nitrogen functional groups attached to an aromatic ring is 1. The summed E-state index contributed by atoms with van der Waals surface area (Å²) in [6.07, 6.45) is 1.57. The lowest BCUT2D eigenvalue weighted by molar-refractivity contribution is 0.291. The molecule has 1 heterocycles. The number of hydrogen-bond acceptors (Lipinski definition) is 3. The summed E-state index contributed by atoms with van der Waals surface area (Å²) in [6.45, 7) is 7.47. The molecule has 2 N–H and O–H groups in total. The Labute approximate surface area is 202 Å². The van der Waals surface area contributed by atoms with E-state index in [2.05, 4.69) is 86.5 Å². The molecule has 0 fully saturated rings. The number of benzene rings is 3. The van der Waals surface area contributed by atoms with Gasteiger partial charge in [-0.15, -0.1) is 0 Å². The minimum atomic E-state index is -2.54. The molecule has 0 bridgehead atoms. The molecule has 4 aromatic rings. The van der Waals surface area contributed by atoms with Crippen LogP contribution in [0, 0.1) is 5.82 Å². The minimum absolute atomic E-state index is 0.0513. The van der Waals surface area contributed by atoms with Gasteiger partial charge in [0, 0.05) is 12.7 Å². The summed E-state index contributed by atoms with van der Waals surface area (Å²) in [4.78, 5) is 0. The molecule has 1 aromatic heterocycles. The van der Waals surface area contributed by atoms with E-state index in [4.69, 9.17) is 10.2 Å². The summed E-state index contributed by atoms with van der Waals surface area (Å²) >= 11 is 0. The average Bonchev–Trinajstić information content (AvgIpc) is 3.20. The normalized spacial score (nSPS) is 12.1. The molecule has 0 aliphatic rings. The summed E-state index contributed by atoms with van der Waals surface area (Å²) in [7, 11) is -2.54. The van der Waals surface area contributed by atoms with Gasteiger partial charge in [0.25, 0.3) is 8.32 Å². The first-order valence-electron chi connectivity index (χ1n) is 11.7. The monoisotopic (exact) mass is 473 g/mol. The molecule has 176 valence electrons. The lowest BCUT2D eigenvalue weighted by atomic mass is 10.2. The molecule has 0 unspecified atom stereocenters. The predicted octanol–water partition coefficient (Wildman–Crippen LogP) is 5.10. The van der Waals surface area contributed by atoms with Crippen LogP contribution in [0.4, 0.5) is 10.2 Å². The molecule has 0 amide bonds. The maximum atomic E-state index is 13.3. The molecule has 0 saturated heterocycles. The van der Waals surface area contributed by atoms with Crippen molar-refractivity contribution in [3.8, 4) is 5.69 Å². The highest BCUT2D eigenvalue weighted by Crippen LogP contribution is 2.36. The molecule has 0 spiro atoms. The molecule has 34 heavy (non-hydrogen) atoms. The van der Waals surface area contributed by atoms with Crippen LogP contribution < -0.4 is 16.1 Å². The molecular weight excluding hydrogens is 441 g/mol. The van der Waals surface area contributed by atoms with Crippen LogP contribution >= 0.6 is 0 Å². The van der Waals surface area contributed by atoms with Gasteiger partial charge >= 0.3 is 0 Å². The second kappa shape index (κ2) is 9.95. The smallest absolute Gasteiger partial charge is 0.261 e. The third-order valence-electron chi connectivity index (χ3n) is 6.17. The van der Waals surface area contributed by atoms with E-state index in [0.29, 0.717) is 12.4 Å². The fraction of sp³-hybridized carbons (Fsp3) is 0.250. The number of nitrogens with two attached hydrogens (primary N) is 1. The van der Waals surface area contributed by atoms with E-state index in [1.807, 2.05) is 6.07 Å². The first kappa shape index (κ1) is 23.9. The quantitative estimate of drug-likeness (QED) is 0.286. The van der Waals surface area contributed by atoms with Crippen LogP contribution in [0.25, 0.3) is 5.69 Å². The fourth-order valence-electron chi connectivity index (χ4n) is 4.60. The van der Waals surface area contributed by atoms with Crippen LogP contribution in [0.1, 0.15) is 32.9 Å². The van der Waals surface area contributed by atoms with Crippen LogP contribution in [0.3, 0.4) is 0 Å². The van der Waals surface area contributed by atoms with Crippen molar-refractivity contribution in [2.24, 2.45) is 0 Å². The Morgan fingerprint density at radius 2 is 1.44 bits per heavy atom. The molecule has 6 heteroatoms. The van der Waals surface area contributed by atoms with Gasteiger partial charge in [0.15, 0.2) is 0 Å². The number of anilines is 1. The van der Waals surface area contributed by atoms with Gasteiger partial charge in [-0.2, -0.15) is 5.10 Å². The van der Waals surface area contributed by atoms with Gasteiger partial charge < -0.3 is 10.2 Å². The van der Waals surface area contributed by atoms with Gasteiger partial charge in [-0.3, -0.25) is 0 Å². The molecule has 0 saturated carbocycles. The number of rotatable bonds is 8. The molecule has 3 aromatic carbocycles. The van der Waals surface area contributed by atoms with Crippen molar-refractivity contribution >= 4 is 24.5 Å². The number of aryl methyl sites for hydroxylation is 1. The zero-order valence-electron chi connectivity index (χ0n) is 20.0. The van der Waals surface area contributed by atoms with Crippen molar-refractivity contribution in [3.63, 3.8) is 0 Å². The van der Waals surface area contributed by atoms with Gasteiger partial charge in [0.1, 0.15) is 11.6 Å². The van der Waals surface area contributed by atoms with Gasteiger partial charge in [0.2, 0.25) is 0 Å². The van der Waals surface area contributed by atoms with Crippen LogP contribution in [-0.2, 0) is 10.8 Å². The van der Waals surface area contributed by atoms with Crippen LogP contribution in [0.5, 0.6) is 0 Å². The summed E-state index contributed by atoms with van der Waals surface area (Å²) in [5.41, 5.74) is 7.82. The molecular formula is C28H32FN3OSi. The minimum Gasteiger partial charge on any atom is -0.407 e. The van der Waals surface area contributed by atoms with E-state index >= 15 is 0 Å². The fourth-order valence-corrected chi connectivity index (χ4v) is 9.20. The highest BCUT2D eigenvalue weighted by Gasteiger charge is 2.49. The van der Waals surface area contributed by atoms with E-state index in [0.717, 1.165) is 24.2 Å². The lowest BCUT2D eigenvalue weighted by Crippen LogP contribution is -2.66. The van der Waals surface area contributed by atoms with E-state index in [9.17, 15) is 4.39 Å². The molecule has 0 aliphatic heterocycles. The van der Waals surface area contributed by atoms with E-state index in [-0.39, 0.29) is 10.9 Å². The highest BCUT2D eigenvalue weighted by molar-refractivity contribution is 6.99. The number of halogens is 1. The van der Waals surface area contributed by atoms with Crippen LogP contribution in [0.15, 0.2) is 91.0 Å². The van der Waals surface area contributed by atoms with Crippen LogP contribution in [-0.4, -0.2) is 24.7 Å². The first-order valence-corrected chi connectivity index (χ1v) is 13.6. The summed E-state index contributed by atoms with van der Waals surface area (Å²) in [5.74, 6) is 0.254. The zero-order chi connectivity index (χ0) is 24.2. The average molecular weight is 474 g/mol. The van der Waals surface area contributed by atoms with Crippen molar-refractivity contribution in [1.29, 1.82) is 0 Å². The molecule has 4 nitrogen and oxygen atoms in total. The third kappa shape index (κ3) is 4.83. The summed E-state index contributed by atoms with van der Waals surface area (Å²) in [5, 5.41) is 7.14. The molecule has 4 rings (SSSR count). The van der Waals surface area contributed by atoms with Gasteiger partial charge in [0.05, 0.1) is 11.4 Å². The Balaban J connectivity index is 1.53. The number of aromatic nitrogens is 2. The Kier molecular flexibility index (Phi) is 7.00. The standard InChI is InChI=1S/C28H32FN3OSi/c1-28(2,3)34(25-12-6-4-7-13-25,26-14-8-5-9-15-26)33-20-10-11-23-21-27(30)32(31-23)24-18-16-22(29)17-19-24/h4-9,12-19,21H,10-11,20,30H2,1-3H3. The number of nitrogens with zero attached hydrogens (tertiary/aromatic N) is 2. The Morgan fingerprint density at radius 3 is 1.97 bits per heavy atom. The summed E-state index contributed by atoms with van der Waals surface area (Å²) < 4.78 is 21.9. The summed E-state index contributed by atoms with van der Waals surface area (Å²) in [6, 6.07) is 29.4. The van der Waals surface area contributed by atoms with Gasteiger partial charge in [-0.1, -0.05) is 81.4 Å². The van der Waals surface area contributed by atoms with Crippen molar-refractivity contribution in [2.75, 3.05) is 12.3 Å². The lowest BCUT2D eigenvalue weighted by Gasteiger charge is -2.43. The maximum Gasteiger partial charge on any atom is 0.261 e. The third-order valence-corrected chi connectivity index (χ3v) is 11.2. The second-order valence-corrected chi connectivity index (χ2v) is 13.9. The van der Waals surface area contributed by atoms with Crippen molar-refractivity contribution in [3.05, 3.63) is 103 Å². The van der Waals surface area contributed by atoms with E-state index in [1.165, 1.54) is 22.5 Å². The molecule has 0 aliphatic carbocycles. The maximum absolute atomic E-state index is 13.3. The Morgan fingerprint density at radius 1 is 0.882 bits per heavy atom. The first-order chi connectivity index (χ1) is 16.3. The van der Waals surface area contributed by atoms with Gasteiger partial charge in [-0.05, 0) is 52.5 Å². The molecule has 0 radical (unpaired) electrons. The van der Waals surface area contributed by atoms with Crippen molar-refractivity contribution in [2.45, 2.75) is 38.7 Å². The van der Waals surface area contributed by atoms with Gasteiger partial charge in [-0.25, -0.2) is 9.07 Å². The van der Waals surface area contributed by atoms with Crippen LogP contribution in [0.2, 0.25) is 5.04 Å². The SMILES string of the molecule is CC(C)(C)[Si](OCCCc1cc(N)n(-c2ccc(F)cc2)n1)(c1ccccc1)c1ccccc1. The van der Waals surface area contributed by atoms with Crippen molar-refractivity contribution < 1.29 is 8.82 Å². The Hall–Kier alpha value is -3.22. The van der Waals surface area contributed by atoms with E-state index < -0.39 is 8.32 Å². The van der Waals surface area contributed by atoms with E-state index in [1.54, 1.807) is 16.8 Å². The topological polar surface area (TPSA) is 53.1 Å².